The van der Waals surface area contributed by atoms with Gasteiger partial charge in [0, 0.05) is 12.2 Å². The normalized spacial score (nSPS) is 19.9. The first kappa shape index (κ1) is 16.5. The molecule has 0 saturated carbocycles. The van der Waals surface area contributed by atoms with Crippen LogP contribution in [0.1, 0.15) is 24.3 Å². The second kappa shape index (κ2) is 7.49. The maximum absolute atomic E-state index is 11.5. The number of hydrogen-bond donors (Lipinski definition) is 0. The number of aryl methyl sites for hydroxylation is 1. The summed E-state index contributed by atoms with van der Waals surface area (Å²) in [5.41, 5.74) is 1.33. The SMILES string of the molecule is O=S1(=O)CCC(Cc2nnc(SCCCc3ccccc3)o2)C1. The second-order valence-corrected chi connectivity index (χ2v) is 9.15. The summed E-state index contributed by atoms with van der Waals surface area (Å²) >= 11 is 1.56. The molecule has 1 unspecified atom stereocenters. The third-order valence-electron chi connectivity index (χ3n) is 3.92. The molecule has 1 aliphatic heterocycles. The minimum Gasteiger partial charge on any atom is -0.416 e. The minimum atomic E-state index is -2.85. The van der Waals surface area contributed by atoms with Gasteiger partial charge in [-0.15, -0.1) is 10.2 Å². The Morgan fingerprint density at radius 1 is 1.22 bits per heavy atom. The van der Waals surface area contributed by atoms with E-state index in [0.29, 0.717) is 24.0 Å². The first-order valence-electron chi connectivity index (χ1n) is 7.80. The fourth-order valence-electron chi connectivity index (χ4n) is 2.74. The van der Waals surface area contributed by atoms with Gasteiger partial charge < -0.3 is 4.42 Å². The molecule has 0 aliphatic carbocycles. The Balaban J connectivity index is 1.41. The van der Waals surface area contributed by atoms with Crippen molar-refractivity contribution in [3.63, 3.8) is 0 Å². The van der Waals surface area contributed by atoms with Crippen molar-refractivity contribution in [3.05, 3.63) is 41.8 Å². The fourth-order valence-corrected chi connectivity index (χ4v) is 5.32. The van der Waals surface area contributed by atoms with E-state index in [-0.39, 0.29) is 17.4 Å². The van der Waals surface area contributed by atoms with Gasteiger partial charge in [-0.05, 0) is 30.7 Å². The van der Waals surface area contributed by atoms with Gasteiger partial charge in [0.15, 0.2) is 9.84 Å². The highest BCUT2D eigenvalue weighted by Gasteiger charge is 2.29. The molecular weight excluding hydrogens is 332 g/mol. The summed E-state index contributed by atoms with van der Waals surface area (Å²) in [5, 5.41) is 8.65. The Morgan fingerprint density at radius 2 is 2.04 bits per heavy atom. The lowest BCUT2D eigenvalue weighted by atomic mass is 10.1. The minimum absolute atomic E-state index is 0.122. The Hall–Kier alpha value is -1.34. The molecule has 23 heavy (non-hydrogen) atoms. The van der Waals surface area contributed by atoms with Crippen LogP contribution in [0, 0.1) is 5.92 Å². The van der Waals surface area contributed by atoms with Gasteiger partial charge >= 0.3 is 0 Å². The molecule has 124 valence electrons. The topological polar surface area (TPSA) is 73.1 Å². The summed E-state index contributed by atoms with van der Waals surface area (Å²) in [7, 11) is -2.85. The highest BCUT2D eigenvalue weighted by atomic mass is 32.2. The molecule has 7 heteroatoms. The summed E-state index contributed by atoms with van der Waals surface area (Å²) in [6.45, 7) is 0. The van der Waals surface area contributed by atoms with Crippen LogP contribution in [-0.4, -0.2) is 35.9 Å². The van der Waals surface area contributed by atoms with Crippen molar-refractivity contribution in [2.24, 2.45) is 5.92 Å². The Labute approximate surface area is 140 Å². The van der Waals surface area contributed by atoms with E-state index >= 15 is 0 Å². The molecule has 0 amide bonds. The van der Waals surface area contributed by atoms with Gasteiger partial charge in [-0.2, -0.15) is 0 Å². The summed E-state index contributed by atoms with van der Waals surface area (Å²) in [5.74, 6) is 2.13. The molecule has 1 saturated heterocycles. The molecular formula is C16H20N2O3S2. The molecule has 3 rings (SSSR count). The van der Waals surface area contributed by atoms with Gasteiger partial charge in [0.05, 0.1) is 11.5 Å². The first-order chi connectivity index (χ1) is 11.1. The molecule has 1 aliphatic rings. The maximum atomic E-state index is 11.5. The van der Waals surface area contributed by atoms with Gasteiger partial charge in [0.1, 0.15) is 0 Å². The van der Waals surface area contributed by atoms with Crippen molar-refractivity contribution < 1.29 is 12.8 Å². The lowest BCUT2D eigenvalue weighted by molar-refractivity contribution is 0.389. The van der Waals surface area contributed by atoms with E-state index in [4.69, 9.17) is 4.42 Å². The number of rotatable bonds is 7. The highest BCUT2D eigenvalue weighted by Crippen LogP contribution is 2.24. The predicted molar refractivity (Wildman–Crippen MR) is 90.2 cm³/mol. The third kappa shape index (κ3) is 5.07. The van der Waals surface area contributed by atoms with Crippen LogP contribution in [0.25, 0.3) is 0 Å². The van der Waals surface area contributed by atoms with E-state index in [9.17, 15) is 8.42 Å². The number of sulfone groups is 1. The fraction of sp³-hybridized carbons (Fsp3) is 0.500. The molecule has 2 aromatic rings. The van der Waals surface area contributed by atoms with E-state index < -0.39 is 9.84 Å². The van der Waals surface area contributed by atoms with E-state index in [1.54, 1.807) is 11.8 Å². The van der Waals surface area contributed by atoms with Crippen molar-refractivity contribution in [3.8, 4) is 0 Å². The van der Waals surface area contributed by atoms with E-state index in [1.807, 2.05) is 6.07 Å². The van der Waals surface area contributed by atoms with Crippen molar-refractivity contribution in [1.82, 2.24) is 10.2 Å². The second-order valence-electron chi connectivity index (χ2n) is 5.87. The van der Waals surface area contributed by atoms with Gasteiger partial charge in [-0.25, -0.2) is 8.42 Å². The highest BCUT2D eigenvalue weighted by molar-refractivity contribution is 7.99. The lowest BCUT2D eigenvalue weighted by Gasteiger charge is -2.02. The molecule has 0 N–H and O–H groups in total. The van der Waals surface area contributed by atoms with Crippen LogP contribution in [0.15, 0.2) is 40.0 Å². The average Bonchev–Trinajstić information content (AvgIpc) is 3.11. The summed E-state index contributed by atoms with van der Waals surface area (Å²) in [6, 6.07) is 10.4. The van der Waals surface area contributed by atoms with Gasteiger partial charge in [-0.3, -0.25) is 0 Å². The van der Waals surface area contributed by atoms with Gasteiger partial charge in [0.25, 0.3) is 5.22 Å². The van der Waals surface area contributed by atoms with Crippen molar-refractivity contribution >= 4 is 21.6 Å². The lowest BCUT2D eigenvalue weighted by Crippen LogP contribution is -2.07. The molecule has 0 radical (unpaired) electrons. The van der Waals surface area contributed by atoms with E-state index in [1.165, 1.54) is 5.56 Å². The van der Waals surface area contributed by atoms with Crippen LogP contribution in [0.2, 0.25) is 0 Å². The Morgan fingerprint density at radius 3 is 2.78 bits per heavy atom. The molecule has 2 heterocycles. The zero-order valence-electron chi connectivity index (χ0n) is 12.8. The molecule has 1 atom stereocenters. The first-order valence-corrected chi connectivity index (χ1v) is 10.6. The van der Waals surface area contributed by atoms with Crippen LogP contribution in [0.4, 0.5) is 0 Å². The monoisotopic (exact) mass is 352 g/mol. The number of nitrogens with zero attached hydrogens (tertiary/aromatic N) is 2. The molecule has 0 bridgehead atoms. The molecule has 1 aromatic carbocycles. The largest absolute Gasteiger partial charge is 0.416 e. The molecule has 1 fully saturated rings. The standard InChI is InChI=1S/C16H20N2O3S2/c19-23(20)10-8-14(12-23)11-15-17-18-16(21-15)22-9-4-7-13-5-2-1-3-6-13/h1-3,5-6,14H,4,7-12H2. The van der Waals surface area contributed by atoms with Gasteiger partial charge in [0.2, 0.25) is 5.89 Å². The Bertz CT molecular complexity index is 729. The molecule has 0 spiro atoms. The van der Waals surface area contributed by atoms with Crippen LogP contribution < -0.4 is 0 Å². The predicted octanol–water partition coefficient (Wildman–Crippen LogP) is 2.77. The smallest absolute Gasteiger partial charge is 0.276 e. The van der Waals surface area contributed by atoms with Crippen LogP contribution >= 0.6 is 11.8 Å². The van der Waals surface area contributed by atoms with Gasteiger partial charge in [-0.1, -0.05) is 42.1 Å². The number of benzene rings is 1. The number of aromatic nitrogens is 2. The van der Waals surface area contributed by atoms with Crippen molar-refractivity contribution in [2.75, 3.05) is 17.3 Å². The summed E-state index contributed by atoms with van der Waals surface area (Å²) in [6.07, 6.45) is 3.35. The van der Waals surface area contributed by atoms with E-state index in [0.717, 1.165) is 18.6 Å². The quantitative estimate of drug-likeness (QED) is 0.563. The Kier molecular flexibility index (Phi) is 5.38. The van der Waals surface area contributed by atoms with Crippen molar-refractivity contribution in [1.29, 1.82) is 0 Å². The summed E-state index contributed by atoms with van der Waals surface area (Å²) < 4.78 is 28.5. The molecule has 1 aromatic heterocycles. The zero-order chi connectivity index (χ0) is 16.1. The molecule has 5 nitrogen and oxygen atoms in total. The maximum Gasteiger partial charge on any atom is 0.276 e. The van der Waals surface area contributed by atoms with Crippen LogP contribution in [-0.2, 0) is 22.7 Å². The zero-order valence-corrected chi connectivity index (χ0v) is 14.5. The number of thioether (sulfide) groups is 1. The third-order valence-corrected chi connectivity index (χ3v) is 6.66. The number of hydrogen-bond acceptors (Lipinski definition) is 6. The average molecular weight is 352 g/mol. The van der Waals surface area contributed by atoms with Crippen LogP contribution in [0.5, 0.6) is 0 Å². The van der Waals surface area contributed by atoms with Crippen molar-refractivity contribution in [2.45, 2.75) is 30.9 Å². The van der Waals surface area contributed by atoms with E-state index in [2.05, 4.69) is 34.5 Å². The van der Waals surface area contributed by atoms with Crippen LogP contribution in [0.3, 0.4) is 0 Å². The summed E-state index contributed by atoms with van der Waals surface area (Å²) in [4.78, 5) is 0.